The summed E-state index contributed by atoms with van der Waals surface area (Å²) in [5.41, 5.74) is -0.00140. The Labute approximate surface area is 190 Å². The highest BCUT2D eigenvalue weighted by molar-refractivity contribution is 6.05. The molecule has 1 saturated carbocycles. The third-order valence-corrected chi connectivity index (χ3v) is 4.65. The van der Waals surface area contributed by atoms with E-state index in [1.165, 1.54) is 25.8 Å². The Bertz CT molecular complexity index is 1060. The molecule has 1 aliphatic rings. The van der Waals surface area contributed by atoms with Gasteiger partial charge in [-0.15, -0.1) is 0 Å². The van der Waals surface area contributed by atoms with Gasteiger partial charge in [0, 0.05) is 25.7 Å². The number of allylic oxidation sites excluding steroid dienone is 1. The second-order valence-corrected chi connectivity index (χ2v) is 8.15. The van der Waals surface area contributed by atoms with Crippen molar-refractivity contribution < 1.29 is 14.7 Å². The molecule has 174 valence electrons. The molecule has 0 atom stereocenters. The summed E-state index contributed by atoms with van der Waals surface area (Å²) in [6.07, 6.45) is 8.86. The van der Waals surface area contributed by atoms with Crippen LogP contribution in [-0.2, 0) is 4.79 Å². The first-order chi connectivity index (χ1) is 15.7. The molecule has 2 aromatic rings. The largest absolute Gasteiger partial charge is 0.389 e. The molecule has 0 bridgehead atoms. The summed E-state index contributed by atoms with van der Waals surface area (Å²) in [6.45, 7) is 3.08. The maximum absolute atomic E-state index is 13.2. The molecular formula is C21H27N9O3. The average Bonchev–Trinajstić information content (AvgIpc) is 3.63. The van der Waals surface area contributed by atoms with Crippen molar-refractivity contribution >= 4 is 29.5 Å². The van der Waals surface area contributed by atoms with E-state index < -0.39 is 17.4 Å². The molecule has 2 heterocycles. The van der Waals surface area contributed by atoms with Gasteiger partial charge in [0.15, 0.2) is 11.5 Å². The van der Waals surface area contributed by atoms with Gasteiger partial charge >= 0.3 is 0 Å². The Hall–Kier alpha value is -3.93. The lowest BCUT2D eigenvalue weighted by Gasteiger charge is -2.19. The lowest BCUT2D eigenvalue weighted by Crippen LogP contribution is -2.42. The van der Waals surface area contributed by atoms with Crippen LogP contribution in [0.5, 0.6) is 0 Å². The summed E-state index contributed by atoms with van der Waals surface area (Å²) in [6, 6.07) is 0. The lowest BCUT2D eigenvalue weighted by atomic mass is 10.1. The number of carbonyl (C=O) groups excluding carboxylic acids is 2. The molecule has 0 spiro atoms. The smallest absolute Gasteiger partial charge is 0.278 e. The predicted octanol–water partition coefficient (Wildman–Crippen LogP) is 0.585. The van der Waals surface area contributed by atoms with E-state index in [1.54, 1.807) is 20.0 Å². The molecule has 0 aliphatic heterocycles. The summed E-state index contributed by atoms with van der Waals surface area (Å²) >= 11 is 0. The van der Waals surface area contributed by atoms with Gasteiger partial charge in [0.05, 0.1) is 41.3 Å². The SMILES string of the molecule is CN/C(C(=O)NCC(C)(C)O)=C(\C=N)NC(=O)c1nc(C2CC2)cnc1Nc1cncnc1. The number of likely N-dealkylation sites (N-methyl/N-ethyl adjacent to an activating group) is 1. The molecule has 6 N–H and O–H groups in total. The highest BCUT2D eigenvalue weighted by Gasteiger charge is 2.28. The highest BCUT2D eigenvalue weighted by atomic mass is 16.3. The van der Waals surface area contributed by atoms with Crippen molar-refractivity contribution in [1.29, 1.82) is 5.41 Å². The molecule has 12 nitrogen and oxygen atoms in total. The van der Waals surface area contributed by atoms with E-state index >= 15 is 0 Å². The first-order valence-electron chi connectivity index (χ1n) is 10.3. The van der Waals surface area contributed by atoms with Gasteiger partial charge < -0.3 is 31.8 Å². The zero-order chi connectivity index (χ0) is 24.0. The molecule has 2 aromatic heterocycles. The second-order valence-electron chi connectivity index (χ2n) is 8.15. The Morgan fingerprint density at radius 2 is 1.94 bits per heavy atom. The van der Waals surface area contributed by atoms with Gasteiger partial charge in [0.2, 0.25) is 0 Å². The number of aromatic nitrogens is 4. The van der Waals surface area contributed by atoms with E-state index in [9.17, 15) is 14.7 Å². The Kier molecular flexibility index (Phi) is 7.28. The molecule has 12 heteroatoms. The number of hydrogen-bond acceptors (Lipinski definition) is 10. The molecule has 1 fully saturated rings. The molecule has 0 radical (unpaired) electrons. The molecule has 1 aliphatic carbocycles. The number of carbonyl (C=O) groups is 2. The van der Waals surface area contributed by atoms with Crippen LogP contribution in [0.1, 0.15) is 48.8 Å². The van der Waals surface area contributed by atoms with Crippen LogP contribution in [0.4, 0.5) is 11.5 Å². The standard InChI is InChI=1S/C21H27N9O3/c1-21(2,33)10-27-19(31)16(23-3)14(6-22)30-20(32)17-18(28-13-7-24-11-25-8-13)26-9-15(29-17)12-4-5-12/h6-9,11-12,22-23,33H,4-5,10H2,1-3H3,(H,26,28)(H,27,31)(H,30,32)/b16-14+,22-6?. The molecular weight excluding hydrogens is 426 g/mol. The third-order valence-electron chi connectivity index (χ3n) is 4.65. The van der Waals surface area contributed by atoms with Gasteiger partial charge in [-0.05, 0) is 26.7 Å². The molecule has 0 aromatic carbocycles. The first kappa shape index (κ1) is 23.7. The van der Waals surface area contributed by atoms with Gasteiger partial charge in [-0.1, -0.05) is 0 Å². The number of nitrogens with one attached hydrogen (secondary N) is 5. The summed E-state index contributed by atoms with van der Waals surface area (Å²) < 4.78 is 0. The number of anilines is 2. The Morgan fingerprint density at radius 3 is 2.52 bits per heavy atom. The van der Waals surface area contributed by atoms with E-state index in [1.807, 2.05) is 0 Å². The van der Waals surface area contributed by atoms with Gasteiger partial charge in [-0.2, -0.15) is 0 Å². The zero-order valence-corrected chi connectivity index (χ0v) is 18.6. The molecule has 2 amide bonds. The van der Waals surface area contributed by atoms with Gasteiger partial charge in [-0.3, -0.25) is 9.59 Å². The molecule has 0 saturated heterocycles. The molecule has 0 unspecified atom stereocenters. The zero-order valence-electron chi connectivity index (χ0n) is 18.6. The number of aliphatic hydroxyl groups is 1. The number of rotatable bonds is 10. The summed E-state index contributed by atoms with van der Waals surface area (Å²) in [4.78, 5) is 42.4. The van der Waals surface area contributed by atoms with E-state index in [0.29, 0.717) is 11.4 Å². The summed E-state index contributed by atoms with van der Waals surface area (Å²) in [7, 11) is 1.49. The van der Waals surface area contributed by atoms with Crippen molar-refractivity contribution in [2.75, 3.05) is 18.9 Å². The van der Waals surface area contributed by atoms with Crippen molar-refractivity contribution in [2.24, 2.45) is 0 Å². The van der Waals surface area contributed by atoms with E-state index in [2.05, 4.69) is 41.2 Å². The van der Waals surface area contributed by atoms with Crippen LogP contribution >= 0.6 is 0 Å². The van der Waals surface area contributed by atoms with Gasteiger partial charge in [0.1, 0.15) is 12.0 Å². The van der Waals surface area contributed by atoms with Crippen LogP contribution in [0.3, 0.4) is 0 Å². The minimum atomic E-state index is -1.12. The molecule has 33 heavy (non-hydrogen) atoms. The molecule has 3 rings (SSSR count). The van der Waals surface area contributed by atoms with Crippen LogP contribution in [0.2, 0.25) is 0 Å². The van der Waals surface area contributed by atoms with Crippen molar-refractivity contribution in [3.8, 4) is 0 Å². The minimum absolute atomic E-state index is 0.00922. The van der Waals surface area contributed by atoms with Crippen LogP contribution < -0.4 is 21.3 Å². The number of nitrogens with zero attached hydrogens (tertiary/aromatic N) is 4. The van der Waals surface area contributed by atoms with Crippen molar-refractivity contribution in [1.82, 2.24) is 35.9 Å². The Balaban J connectivity index is 1.88. The van der Waals surface area contributed by atoms with Gasteiger partial charge in [-0.25, -0.2) is 19.9 Å². The lowest BCUT2D eigenvalue weighted by molar-refractivity contribution is -0.118. The third kappa shape index (κ3) is 6.53. The number of hydrogen-bond donors (Lipinski definition) is 6. The van der Waals surface area contributed by atoms with Crippen LogP contribution in [-0.4, -0.2) is 62.3 Å². The summed E-state index contributed by atoms with van der Waals surface area (Å²) in [5, 5.41) is 28.4. The minimum Gasteiger partial charge on any atom is -0.389 e. The monoisotopic (exact) mass is 453 g/mol. The van der Waals surface area contributed by atoms with Crippen molar-refractivity contribution in [3.05, 3.63) is 47.7 Å². The highest BCUT2D eigenvalue weighted by Crippen LogP contribution is 2.39. The first-order valence-corrected chi connectivity index (χ1v) is 10.3. The van der Waals surface area contributed by atoms with Crippen LogP contribution in [0.25, 0.3) is 0 Å². The second kappa shape index (κ2) is 10.1. The fourth-order valence-corrected chi connectivity index (χ4v) is 2.84. The average molecular weight is 454 g/mol. The number of amides is 2. The maximum Gasteiger partial charge on any atom is 0.278 e. The van der Waals surface area contributed by atoms with E-state index in [-0.39, 0.29) is 35.4 Å². The fraction of sp³-hybridized carbons (Fsp3) is 0.381. The van der Waals surface area contributed by atoms with Crippen molar-refractivity contribution in [3.63, 3.8) is 0 Å². The van der Waals surface area contributed by atoms with Crippen LogP contribution in [0, 0.1) is 5.41 Å². The topological polar surface area (TPSA) is 178 Å². The van der Waals surface area contributed by atoms with Crippen molar-refractivity contribution in [2.45, 2.75) is 38.2 Å². The van der Waals surface area contributed by atoms with Gasteiger partial charge in [0.25, 0.3) is 11.8 Å². The normalized spacial score (nSPS) is 14.1. The summed E-state index contributed by atoms with van der Waals surface area (Å²) in [5.74, 6) is -0.785. The van der Waals surface area contributed by atoms with Crippen LogP contribution in [0.15, 0.2) is 36.3 Å². The quantitative estimate of drug-likeness (QED) is 0.222. The predicted molar refractivity (Wildman–Crippen MR) is 121 cm³/mol. The van der Waals surface area contributed by atoms with E-state index in [4.69, 9.17) is 5.41 Å². The van der Waals surface area contributed by atoms with E-state index in [0.717, 1.165) is 19.1 Å². The Morgan fingerprint density at radius 1 is 1.24 bits per heavy atom. The fourth-order valence-electron chi connectivity index (χ4n) is 2.84. The maximum atomic E-state index is 13.2.